The van der Waals surface area contributed by atoms with E-state index in [1.165, 1.54) is 5.57 Å². The largest absolute Gasteiger partial charge is 0.501 e. The van der Waals surface area contributed by atoms with Crippen LogP contribution in [-0.4, -0.2) is 25.4 Å². The first-order valence-corrected chi connectivity index (χ1v) is 8.64. The van der Waals surface area contributed by atoms with E-state index in [0.29, 0.717) is 24.2 Å². The molecule has 0 bridgehead atoms. The molecule has 0 aliphatic heterocycles. The van der Waals surface area contributed by atoms with Crippen molar-refractivity contribution in [2.75, 3.05) is 7.11 Å². The van der Waals surface area contributed by atoms with Crippen LogP contribution < -0.4 is 11.5 Å². The van der Waals surface area contributed by atoms with Crippen LogP contribution in [0, 0.1) is 23.2 Å². The zero-order chi connectivity index (χ0) is 17.2. The summed E-state index contributed by atoms with van der Waals surface area (Å²) in [5.74, 6) is 2.41. The first kappa shape index (κ1) is 18.1. The minimum atomic E-state index is -0.645. The Kier molecular flexibility index (Phi) is 5.63. The molecule has 130 valence electrons. The third-order valence-corrected chi connectivity index (χ3v) is 5.93. The van der Waals surface area contributed by atoms with E-state index in [0.717, 1.165) is 43.4 Å². The summed E-state index contributed by atoms with van der Waals surface area (Å²) in [6, 6.07) is 0. The first-order chi connectivity index (χ1) is 10.9. The summed E-state index contributed by atoms with van der Waals surface area (Å²) in [4.78, 5) is 15.4. The highest BCUT2D eigenvalue weighted by atomic mass is 16.5. The maximum absolute atomic E-state index is 11.0. The van der Waals surface area contributed by atoms with Gasteiger partial charge >= 0.3 is 0 Å². The number of hydrogen-bond acceptors (Lipinski definition) is 5. The van der Waals surface area contributed by atoms with Gasteiger partial charge in [0.25, 0.3) is 0 Å². The topological polar surface area (TPSA) is 90.7 Å². The summed E-state index contributed by atoms with van der Waals surface area (Å²) in [6.07, 6.45) is 5.11. The molecule has 0 heterocycles. The average Bonchev–Trinajstić information content (AvgIpc) is 3.20. The highest BCUT2D eigenvalue weighted by Gasteiger charge is 2.61. The molecule has 2 aliphatic rings. The maximum atomic E-state index is 11.0. The van der Waals surface area contributed by atoms with Crippen LogP contribution in [0.2, 0.25) is 0 Å². The van der Waals surface area contributed by atoms with Crippen molar-refractivity contribution >= 4 is 12.0 Å². The molecule has 0 spiro atoms. The monoisotopic (exact) mass is 321 g/mol. The van der Waals surface area contributed by atoms with Gasteiger partial charge in [0.2, 0.25) is 0 Å². The predicted octanol–water partition coefficient (Wildman–Crippen LogP) is 2.60. The minimum absolute atomic E-state index is 0.154. The third-order valence-electron chi connectivity index (χ3n) is 5.93. The Balaban J connectivity index is 2.21. The zero-order valence-electron chi connectivity index (χ0n) is 14.8. The van der Waals surface area contributed by atoms with Crippen LogP contribution in [0.3, 0.4) is 0 Å². The molecule has 5 heteroatoms. The quantitative estimate of drug-likeness (QED) is 0.408. The van der Waals surface area contributed by atoms with Crippen molar-refractivity contribution in [2.24, 2.45) is 39.6 Å². The summed E-state index contributed by atoms with van der Waals surface area (Å²) < 4.78 is 5.76. The molecule has 0 aromatic heterocycles. The number of aliphatic imine (C=N–C) groups is 1. The lowest BCUT2D eigenvalue weighted by Crippen LogP contribution is -2.30. The second-order valence-corrected chi connectivity index (χ2v) is 7.21. The number of aldehydes is 1. The second kappa shape index (κ2) is 7.14. The number of ether oxygens (including phenoxy) is 1. The van der Waals surface area contributed by atoms with E-state index in [-0.39, 0.29) is 5.41 Å². The van der Waals surface area contributed by atoms with Crippen LogP contribution in [0.5, 0.6) is 0 Å². The summed E-state index contributed by atoms with van der Waals surface area (Å²) >= 11 is 0. The highest BCUT2D eigenvalue weighted by Crippen LogP contribution is 2.67. The Labute approximate surface area is 139 Å². The average molecular weight is 321 g/mol. The van der Waals surface area contributed by atoms with E-state index in [9.17, 15) is 4.79 Å². The Hall–Kier alpha value is -1.20. The standard InChI is InChI=1S/C18H31N3O2/c1-5-13(12(3)21-17(19)20)9-14-8-11(2)18(6-7-22)10-15(18)16(14)23-4/h7,11,13,15,17H,5-6,8-10,19-20H2,1-4H3/t11-,13+,15+,18+/m0/s1. The molecule has 5 nitrogen and oxygen atoms in total. The van der Waals surface area contributed by atoms with E-state index in [1.807, 2.05) is 6.92 Å². The molecule has 4 N–H and O–H groups in total. The number of methoxy groups -OCH3 is 1. The van der Waals surface area contributed by atoms with Crippen LogP contribution in [0.4, 0.5) is 0 Å². The molecule has 0 aromatic rings. The van der Waals surface area contributed by atoms with E-state index in [4.69, 9.17) is 16.2 Å². The summed E-state index contributed by atoms with van der Waals surface area (Å²) in [7, 11) is 1.76. The molecule has 0 aromatic carbocycles. The van der Waals surface area contributed by atoms with Crippen molar-refractivity contribution in [3.8, 4) is 0 Å². The van der Waals surface area contributed by atoms with Crippen molar-refractivity contribution in [1.29, 1.82) is 0 Å². The fourth-order valence-corrected chi connectivity index (χ4v) is 4.42. The van der Waals surface area contributed by atoms with Gasteiger partial charge < -0.3 is 9.53 Å². The van der Waals surface area contributed by atoms with Gasteiger partial charge in [-0.15, -0.1) is 0 Å². The van der Waals surface area contributed by atoms with Gasteiger partial charge in [-0.25, -0.2) is 0 Å². The van der Waals surface area contributed by atoms with Crippen molar-refractivity contribution in [1.82, 2.24) is 0 Å². The molecular weight excluding hydrogens is 290 g/mol. The Morgan fingerprint density at radius 2 is 2.22 bits per heavy atom. The van der Waals surface area contributed by atoms with Crippen LogP contribution in [0.15, 0.2) is 16.3 Å². The molecule has 0 saturated heterocycles. The van der Waals surface area contributed by atoms with Gasteiger partial charge in [0.1, 0.15) is 12.6 Å². The number of nitrogens with zero attached hydrogens (tertiary/aromatic N) is 1. The number of carbonyl (C=O) groups excluding carboxylic acids is 1. The number of nitrogens with two attached hydrogens (primary N) is 2. The number of rotatable bonds is 8. The SMILES string of the molecule is CC[C@H](CC1=C(OC)[C@H]2C[C@]2(CC=O)[C@@H](C)C1)C(C)=NC(N)N. The third kappa shape index (κ3) is 3.50. The fraction of sp³-hybridized carbons (Fsp3) is 0.778. The van der Waals surface area contributed by atoms with Gasteiger partial charge in [-0.1, -0.05) is 13.8 Å². The van der Waals surface area contributed by atoms with E-state index in [2.05, 4.69) is 18.8 Å². The summed E-state index contributed by atoms with van der Waals surface area (Å²) in [5, 5.41) is 0. The zero-order valence-corrected chi connectivity index (χ0v) is 14.8. The van der Waals surface area contributed by atoms with Crippen LogP contribution in [-0.2, 0) is 9.53 Å². The minimum Gasteiger partial charge on any atom is -0.501 e. The van der Waals surface area contributed by atoms with Crippen LogP contribution in [0.25, 0.3) is 0 Å². The molecule has 2 aliphatic carbocycles. The van der Waals surface area contributed by atoms with Crippen LogP contribution in [0.1, 0.15) is 52.9 Å². The van der Waals surface area contributed by atoms with Crippen molar-refractivity contribution in [2.45, 2.75) is 59.2 Å². The lowest BCUT2D eigenvalue weighted by Gasteiger charge is -2.32. The summed E-state index contributed by atoms with van der Waals surface area (Å²) in [5.41, 5.74) is 13.7. The molecule has 0 unspecified atom stereocenters. The van der Waals surface area contributed by atoms with Gasteiger partial charge in [-0.05, 0) is 49.5 Å². The highest BCUT2D eigenvalue weighted by molar-refractivity contribution is 5.84. The Bertz CT molecular complexity index is 512. The van der Waals surface area contributed by atoms with Crippen LogP contribution >= 0.6 is 0 Å². The van der Waals surface area contributed by atoms with Crippen molar-refractivity contribution in [3.05, 3.63) is 11.3 Å². The maximum Gasteiger partial charge on any atom is 0.148 e. The van der Waals surface area contributed by atoms with Gasteiger partial charge in [0.05, 0.1) is 12.9 Å². The summed E-state index contributed by atoms with van der Waals surface area (Å²) in [6.45, 7) is 6.44. The fourth-order valence-electron chi connectivity index (χ4n) is 4.42. The van der Waals surface area contributed by atoms with E-state index >= 15 is 0 Å². The lowest BCUT2D eigenvalue weighted by molar-refractivity contribution is -0.109. The van der Waals surface area contributed by atoms with E-state index < -0.39 is 6.29 Å². The molecular formula is C18H31N3O2. The van der Waals surface area contributed by atoms with Crippen molar-refractivity contribution < 1.29 is 9.53 Å². The number of hydrogen-bond donors (Lipinski definition) is 2. The number of fused-ring (bicyclic) bond motifs is 1. The van der Waals surface area contributed by atoms with Gasteiger partial charge in [-0.2, -0.15) is 0 Å². The van der Waals surface area contributed by atoms with Gasteiger partial charge in [0.15, 0.2) is 0 Å². The lowest BCUT2D eigenvalue weighted by atomic mass is 9.74. The first-order valence-electron chi connectivity index (χ1n) is 8.64. The molecule has 4 atom stereocenters. The Morgan fingerprint density at radius 1 is 1.52 bits per heavy atom. The smallest absolute Gasteiger partial charge is 0.148 e. The molecule has 2 rings (SSSR count). The van der Waals surface area contributed by atoms with Gasteiger partial charge in [-0.3, -0.25) is 16.5 Å². The molecule has 23 heavy (non-hydrogen) atoms. The van der Waals surface area contributed by atoms with Crippen molar-refractivity contribution in [3.63, 3.8) is 0 Å². The Morgan fingerprint density at radius 3 is 2.74 bits per heavy atom. The second-order valence-electron chi connectivity index (χ2n) is 7.21. The number of allylic oxidation sites excluding steroid dienone is 2. The molecule has 0 radical (unpaired) electrons. The van der Waals surface area contributed by atoms with Gasteiger partial charge in [0, 0.05) is 24.0 Å². The predicted molar refractivity (Wildman–Crippen MR) is 92.7 cm³/mol. The molecule has 0 amide bonds. The molecule has 1 saturated carbocycles. The molecule has 1 fully saturated rings. The number of carbonyl (C=O) groups is 1. The van der Waals surface area contributed by atoms with E-state index in [1.54, 1.807) is 7.11 Å². The normalized spacial score (nSPS) is 31.9.